The summed E-state index contributed by atoms with van der Waals surface area (Å²) in [5.74, 6) is 0.672. The van der Waals surface area contributed by atoms with E-state index >= 15 is 0 Å². The quantitative estimate of drug-likeness (QED) is 0.893. The molecule has 1 heterocycles. The summed E-state index contributed by atoms with van der Waals surface area (Å²) in [6, 6.07) is 3.85. The fourth-order valence-corrected chi connectivity index (χ4v) is 2.94. The molecule has 1 aliphatic heterocycles. The Bertz CT molecular complexity index is 533. The summed E-state index contributed by atoms with van der Waals surface area (Å²) in [7, 11) is 1.63. The van der Waals surface area contributed by atoms with Gasteiger partial charge in [-0.05, 0) is 24.5 Å². The van der Waals surface area contributed by atoms with Crippen LogP contribution in [0.4, 0.5) is 0 Å². The van der Waals surface area contributed by atoms with E-state index in [4.69, 9.17) is 19.3 Å². The summed E-state index contributed by atoms with van der Waals surface area (Å²) in [5.41, 5.74) is 1.71. The van der Waals surface area contributed by atoms with Crippen molar-refractivity contribution in [2.75, 3.05) is 20.3 Å². The Morgan fingerprint density at radius 1 is 1.35 bits per heavy atom. The number of fused-ring (bicyclic) bond motifs is 1. The monoisotopic (exact) mass is 278 g/mol. The third-order valence-electron chi connectivity index (χ3n) is 4.01. The summed E-state index contributed by atoms with van der Waals surface area (Å²) >= 11 is 0. The van der Waals surface area contributed by atoms with Crippen LogP contribution in [0.1, 0.15) is 30.4 Å². The van der Waals surface area contributed by atoms with E-state index in [1.807, 2.05) is 12.1 Å². The Labute approximate surface area is 117 Å². The van der Waals surface area contributed by atoms with E-state index in [0.717, 1.165) is 29.7 Å². The van der Waals surface area contributed by atoms with Crippen molar-refractivity contribution in [1.29, 1.82) is 0 Å². The first kappa shape index (κ1) is 13.2. The van der Waals surface area contributed by atoms with Gasteiger partial charge < -0.3 is 19.3 Å². The Balaban J connectivity index is 2.04. The maximum Gasteiger partial charge on any atom is 0.304 e. The van der Waals surface area contributed by atoms with E-state index in [-0.39, 0.29) is 11.8 Å². The van der Waals surface area contributed by atoms with Crippen LogP contribution in [0.15, 0.2) is 12.1 Å². The second kappa shape index (κ2) is 4.98. The molecule has 20 heavy (non-hydrogen) atoms. The van der Waals surface area contributed by atoms with Crippen molar-refractivity contribution < 1.29 is 24.1 Å². The first-order chi connectivity index (χ1) is 9.66. The number of aliphatic carboxylic acids is 1. The number of carboxylic acids is 1. The smallest absolute Gasteiger partial charge is 0.304 e. The molecule has 0 amide bonds. The lowest BCUT2D eigenvalue weighted by atomic mass is 9.88. The predicted octanol–water partition coefficient (Wildman–Crippen LogP) is 2.11. The molecule has 3 rings (SSSR count). The minimum Gasteiger partial charge on any atom is -0.486 e. The van der Waals surface area contributed by atoms with Crippen molar-refractivity contribution in [3.8, 4) is 11.5 Å². The Hall–Kier alpha value is -1.75. The largest absolute Gasteiger partial charge is 0.486 e. The van der Waals surface area contributed by atoms with E-state index < -0.39 is 5.97 Å². The van der Waals surface area contributed by atoms with Gasteiger partial charge >= 0.3 is 5.97 Å². The number of hydrogen-bond donors (Lipinski definition) is 1. The molecule has 1 saturated carbocycles. The molecule has 2 aliphatic rings. The molecule has 1 aromatic carbocycles. The van der Waals surface area contributed by atoms with Crippen LogP contribution in [-0.2, 0) is 21.6 Å². The van der Waals surface area contributed by atoms with Crippen LogP contribution < -0.4 is 9.47 Å². The number of rotatable bonds is 5. The number of carbonyl (C=O) groups is 1. The van der Waals surface area contributed by atoms with E-state index in [0.29, 0.717) is 25.6 Å². The molecule has 1 aromatic rings. The molecule has 5 nitrogen and oxygen atoms in total. The second-order valence-corrected chi connectivity index (χ2v) is 5.40. The van der Waals surface area contributed by atoms with Crippen molar-refractivity contribution in [2.24, 2.45) is 0 Å². The lowest BCUT2D eigenvalue weighted by Crippen LogP contribution is -2.20. The maximum absolute atomic E-state index is 11.1. The van der Waals surface area contributed by atoms with Gasteiger partial charge in [-0.3, -0.25) is 4.79 Å². The molecule has 0 aromatic heterocycles. The minimum absolute atomic E-state index is 0.156. The highest BCUT2D eigenvalue weighted by molar-refractivity contribution is 5.71. The van der Waals surface area contributed by atoms with Crippen LogP contribution in [-0.4, -0.2) is 31.4 Å². The van der Waals surface area contributed by atoms with Crippen molar-refractivity contribution in [3.63, 3.8) is 0 Å². The van der Waals surface area contributed by atoms with Crippen LogP contribution >= 0.6 is 0 Å². The first-order valence-corrected chi connectivity index (χ1v) is 6.79. The average molecular weight is 278 g/mol. The standard InChI is InChI=1S/C15H18O5/c1-18-9-10-11(15(4-5-15)8-13(16)17)2-3-12-14(10)20-7-6-19-12/h2-3H,4-9H2,1H3,(H,16,17). The van der Waals surface area contributed by atoms with Crippen molar-refractivity contribution in [3.05, 3.63) is 23.3 Å². The summed E-state index contributed by atoms with van der Waals surface area (Å²) in [6.07, 6.45) is 1.95. The number of methoxy groups -OCH3 is 1. The molecule has 0 saturated heterocycles. The van der Waals surface area contributed by atoms with Crippen molar-refractivity contribution >= 4 is 5.97 Å². The molecule has 0 atom stereocenters. The minimum atomic E-state index is -0.763. The third kappa shape index (κ3) is 2.22. The third-order valence-corrected chi connectivity index (χ3v) is 4.01. The van der Waals surface area contributed by atoms with Gasteiger partial charge in [0, 0.05) is 18.1 Å². The fourth-order valence-electron chi connectivity index (χ4n) is 2.94. The lowest BCUT2D eigenvalue weighted by Gasteiger charge is -2.25. The zero-order valence-corrected chi connectivity index (χ0v) is 11.5. The van der Waals surface area contributed by atoms with Crippen molar-refractivity contribution in [2.45, 2.75) is 31.3 Å². The molecule has 108 valence electrons. The van der Waals surface area contributed by atoms with Crippen LogP contribution in [0.5, 0.6) is 11.5 Å². The molecule has 0 radical (unpaired) electrons. The molecular formula is C15H18O5. The van der Waals surface area contributed by atoms with Gasteiger partial charge in [0.25, 0.3) is 0 Å². The van der Waals surface area contributed by atoms with Gasteiger partial charge in [0.1, 0.15) is 13.2 Å². The van der Waals surface area contributed by atoms with Gasteiger partial charge in [-0.1, -0.05) is 6.07 Å². The fraction of sp³-hybridized carbons (Fsp3) is 0.533. The highest BCUT2D eigenvalue weighted by Gasteiger charge is 2.48. The van der Waals surface area contributed by atoms with Gasteiger partial charge in [-0.25, -0.2) is 0 Å². The summed E-state index contributed by atoms with van der Waals surface area (Å²) in [4.78, 5) is 11.1. The lowest BCUT2D eigenvalue weighted by molar-refractivity contribution is -0.137. The number of hydrogen-bond acceptors (Lipinski definition) is 4. The first-order valence-electron chi connectivity index (χ1n) is 6.79. The Kier molecular flexibility index (Phi) is 3.30. The van der Waals surface area contributed by atoms with Gasteiger partial charge in [-0.2, -0.15) is 0 Å². The zero-order valence-electron chi connectivity index (χ0n) is 11.5. The second-order valence-electron chi connectivity index (χ2n) is 5.40. The Morgan fingerprint density at radius 3 is 2.75 bits per heavy atom. The van der Waals surface area contributed by atoms with E-state index in [1.165, 1.54) is 0 Å². The van der Waals surface area contributed by atoms with Crippen molar-refractivity contribution in [1.82, 2.24) is 0 Å². The normalized spacial score (nSPS) is 18.6. The molecule has 5 heteroatoms. The number of benzene rings is 1. The Morgan fingerprint density at radius 2 is 2.10 bits per heavy atom. The maximum atomic E-state index is 11.1. The summed E-state index contributed by atoms with van der Waals surface area (Å²) < 4.78 is 16.6. The molecular weight excluding hydrogens is 260 g/mol. The predicted molar refractivity (Wildman–Crippen MR) is 71.3 cm³/mol. The highest BCUT2D eigenvalue weighted by atomic mass is 16.6. The molecule has 1 aliphatic carbocycles. The molecule has 1 fully saturated rings. The van der Waals surface area contributed by atoms with E-state index in [1.54, 1.807) is 7.11 Å². The van der Waals surface area contributed by atoms with Gasteiger partial charge in [0.15, 0.2) is 11.5 Å². The van der Waals surface area contributed by atoms with Gasteiger partial charge in [0.05, 0.1) is 13.0 Å². The summed E-state index contributed by atoms with van der Waals surface area (Å²) in [5, 5.41) is 9.12. The van der Waals surface area contributed by atoms with Gasteiger partial charge in [-0.15, -0.1) is 0 Å². The molecule has 0 bridgehead atoms. The molecule has 0 spiro atoms. The SMILES string of the molecule is COCc1c(C2(CC(=O)O)CC2)ccc2c1OCCO2. The topological polar surface area (TPSA) is 65.0 Å². The number of ether oxygens (including phenoxy) is 3. The highest BCUT2D eigenvalue weighted by Crippen LogP contribution is 2.54. The van der Waals surface area contributed by atoms with Crippen LogP contribution in [0.2, 0.25) is 0 Å². The molecule has 1 N–H and O–H groups in total. The summed E-state index contributed by atoms with van der Waals surface area (Å²) in [6.45, 7) is 1.46. The van der Waals surface area contributed by atoms with E-state index in [9.17, 15) is 4.79 Å². The zero-order chi connectivity index (χ0) is 14.2. The van der Waals surface area contributed by atoms with Gasteiger partial charge in [0.2, 0.25) is 0 Å². The average Bonchev–Trinajstić information content (AvgIpc) is 3.19. The van der Waals surface area contributed by atoms with Crippen LogP contribution in [0, 0.1) is 0 Å². The number of carboxylic acid groups (broad SMARTS) is 1. The van der Waals surface area contributed by atoms with E-state index in [2.05, 4.69) is 0 Å². The van der Waals surface area contributed by atoms with Crippen LogP contribution in [0.3, 0.4) is 0 Å². The molecule has 0 unspecified atom stereocenters. The van der Waals surface area contributed by atoms with Crippen LogP contribution in [0.25, 0.3) is 0 Å².